The molecule has 128 valence electrons. The third kappa shape index (κ3) is 4.17. The Hall–Kier alpha value is -1.39. The fourth-order valence-electron chi connectivity index (χ4n) is 3.59. The van der Waals surface area contributed by atoms with Crippen molar-refractivity contribution in [2.24, 2.45) is 0 Å². The van der Waals surface area contributed by atoms with Crippen LogP contribution in [-0.2, 0) is 0 Å². The summed E-state index contributed by atoms with van der Waals surface area (Å²) in [7, 11) is 0. The molecule has 0 spiro atoms. The Morgan fingerprint density at radius 1 is 1.21 bits per heavy atom. The van der Waals surface area contributed by atoms with Crippen molar-refractivity contribution in [2.75, 3.05) is 5.32 Å². The van der Waals surface area contributed by atoms with Crippen LogP contribution in [0, 0.1) is 6.92 Å². The normalized spacial score (nSPS) is 16.6. The van der Waals surface area contributed by atoms with Gasteiger partial charge in [0.1, 0.15) is 0 Å². The van der Waals surface area contributed by atoms with Gasteiger partial charge >= 0.3 is 0 Å². The van der Waals surface area contributed by atoms with E-state index >= 15 is 0 Å². The molecule has 0 aliphatic heterocycles. The fraction of sp³-hybridized carbons (Fsp3) is 0.450. The van der Waals surface area contributed by atoms with Gasteiger partial charge in [0.2, 0.25) is 0 Å². The quantitative estimate of drug-likeness (QED) is 0.660. The van der Waals surface area contributed by atoms with Crippen molar-refractivity contribution in [1.82, 2.24) is 4.90 Å². The Kier molecular flexibility index (Phi) is 5.90. The van der Waals surface area contributed by atoms with Crippen LogP contribution >= 0.6 is 23.6 Å². The Labute approximate surface area is 154 Å². The molecule has 1 atom stereocenters. The Morgan fingerprint density at radius 3 is 2.67 bits per heavy atom. The monoisotopic (exact) mass is 358 g/mol. The molecule has 1 fully saturated rings. The van der Waals surface area contributed by atoms with Crippen LogP contribution in [0.1, 0.15) is 55.5 Å². The van der Waals surface area contributed by atoms with Crippen molar-refractivity contribution in [3.05, 3.63) is 52.2 Å². The van der Waals surface area contributed by atoms with E-state index in [1.54, 1.807) is 0 Å². The molecule has 0 amide bonds. The predicted molar refractivity (Wildman–Crippen MR) is 109 cm³/mol. The number of nitrogens with one attached hydrogen (secondary N) is 1. The van der Waals surface area contributed by atoms with E-state index in [9.17, 15) is 0 Å². The van der Waals surface area contributed by atoms with E-state index in [-0.39, 0.29) is 0 Å². The van der Waals surface area contributed by atoms with Crippen LogP contribution in [-0.4, -0.2) is 16.1 Å². The third-order valence-electron chi connectivity index (χ3n) is 4.84. The highest BCUT2D eigenvalue weighted by Crippen LogP contribution is 2.32. The van der Waals surface area contributed by atoms with E-state index < -0.39 is 0 Å². The molecule has 3 rings (SSSR count). The summed E-state index contributed by atoms with van der Waals surface area (Å²) >= 11 is 7.67. The van der Waals surface area contributed by atoms with Crippen LogP contribution in [0.5, 0.6) is 0 Å². The summed E-state index contributed by atoms with van der Waals surface area (Å²) in [5.41, 5.74) is 2.33. The molecule has 1 aromatic carbocycles. The van der Waals surface area contributed by atoms with Crippen molar-refractivity contribution >= 4 is 34.4 Å². The maximum atomic E-state index is 5.85. The minimum absolute atomic E-state index is 0.318. The lowest BCUT2D eigenvalue weighted by Gasteiger charge is -2.40. The van der Waals surface area contributed by atoms with E-state index in [1.807, 2.05) is 11.3 Å². The van der Waals surface area contributed by atoms with Gasteiger partial charge in [-0.2, -0.15) is 0 Å². The van der Waals surface area contributed by atoms with E-state index in [0.717, 1.165) is 10.8 Å². The Balaban J connectivity index is 1.81. The first-order chi connectivity index (χ1) is 11.6. The van der Waals surface area contributed by atoms with E-state index in [4.69, 9.17) is 12.2 Å². The predicted octanol–water partition coefficient (Wildman–Crippen LogP) is 6.15. The molecule has 1 N–H and O–H groups in total. The molecule has 2 nitrogen and oxygen atoms in total. The minimum atomic E-state index is 0.318. The van der Waals surface area contributed by atoms with Crippen molar-refractivity contribution in [2.45, 2.75) is 58.0 Å². The molecule has 1 aliphatic rings. The van der Waals surface area contributed by atoms with Gasteiger partial charge in [0.25, 0.3) is 0 Å². The minimum Gasteiger partial charge on any atom is -0.338 e. The summed E-state index contributed by atoms with van der Waals surface area (Å²) in [5, 5.41) is 6.49. The van der Waals surface area contributed by atoms with Gasteiger partial charge in [-0.05, 0) is 68.0 Å². The highest BCUT2D eigenvalue weighted by molar-refractivity contribution is 7.80. The molecule has 1 heterocycles. The average molecular weight is 359 g/mol. The molecule has 1 aliphatic carbocycles. The molecule has 0 saturated heterocycles. The summed E-state index contributed by atoms with van der Waals surface area (Å²) in [6, 6.07) is 13.6. The zero-order chi connectivity index (χ0) is 16.9. The summed E-state index contributed by atoms with van der Waals surface area (Å²) in [5.74, 6) is 0. The second-order valence-corrected chi connectivity index (χ2v) is 8.06. The number of aryl methyl sites for hydroxylation is 1. The summed E-state index contributed by atoms with van der Waals surface area (Å²) in [6.45, 7) is 4.39. The maximum Gasteiger partial charge on any atom is 0.174 e. The second kappa shape index (κ2) is 8.13. The van der Waals surface area contributed by atoms with Gasteiger partial charge in [-0.3, -0.25) is 0 Å². The summed E-state index contributed by atoms with van der Waals surface area (Å²) in [4.78, 5) is 3.83. The smallest absolute Gasteiger partial charge is 0.174 e. The number of thiocarbonyl (C=S) groups is 1. The van der Waals surface area contributed by atoms with Crippen LogP contribution in [0.25, 0.3) is 0 Å². The fourth-order valence-corrected chi connectivity index (χ4v) is 4.80. The van der Waals surface area contributed by atoms with Gasteiger partial charge in [0, 0.05) is 16.6 Å². The number of thiophene rings is 1. The Morgan fingerprint density at radius 2 is 2.00 bits per heavy atom. The largest absolute Gasteiger partial charge is 0.338 e. The van der Waals surface area contributed by atoms with Crippen LogP contribution in [0.2, 0.25) is 0 Å². The lowest BCUT2D eigenvalue weighted by atomic mass is 9.93. The number of rotatable bonds is 4. The standard InChI is InChI=1S/C20H26N2S2/c1-15-8-6-9-17(14-15)21-20(23)22(18-10-4-3-5-11-18)16(2)19-12-7-13-24-19/h6-9,12-14,16,18H,3-5,10-11H2,1-2H3,(H,21,23). The number of benzene rings is 1. The Bertz CT molecular complexity index is 660. The molecule has 4 heteroatoms. The molecule has 2 aromatic rings. The zero-order valence-electron chi connectivity index (χ0n) is 14.5. The first-order valence-electron chi connectivity index (χ1n) is 8.84. The van der Waals surface area contributed by atoms with Gasteiger partial charge in [0.15, 0.2) is 5.11 Å². The van der Waals surface area contributed by atoms with Crippen molar-refractivity contribution in [3.63, 3.8) is 0 Å². The molecule has 24 heavy (non-hydrogen) atoms. The summed E-state index contributed by atoms with van der Waals surface area (Å²) < 4.78 is 0. The van der Waals surface area contributed by atoms with Crippen LogP contribution in [0.4, 0.5) is 5.69 Å². The molecular weight excluding hydrogens is 332 g/mol. The van der Waals surface area contributed by atoms with Crippen LogP contribution < -0.4 is 5.32 Å². The van der Waals surface area contributed by atoms with Gasteiger partial charge in [-0.25, -0.2) is 0 Å². The highest BCUT2D eigenvalue weighted by Gasteiger charge is 2.28. The lowest BCUT2D eigenvalue weighted by Crippen LogP contribution is -2.45. The van der Waals surface area contributed by atoms with Crippen LogP contribution in [0.15, 0.2) is 41.8 Å². The van der Waals surface area contributed by atoms with Gasteiger partial charge in [0.05, 0.1) is 6.04 Å². The lowest BCUT2D eigenvalue weighted by molar-refractivity contribution is 0.205. The maximum absolute atomic E-state index is 5.85. The number of anilines is 1. The van der Waals surface area contributed by atoms with E-state index in [2.05, 4.69) is 65.8 Å². The van der Waals surface area contributed by atoms with Gasteiger partial charge < -0.3 is 10.2 Å². The molecule has 1 saturated carbocycles. The molecule has 1 aromatic heterocycles. The molecular formula is C20H26N2S2. The molecule has 0 radical (unpaired) electrons. The number of hydrogen-bond acceptors (Lipinski definition) is 2. The molecule has 0 bridgehead atoms. The van der Waals surface area contributed by atoms with Crippen molar-refractivity contribution in [3.8, 4) is 0 Å². The van der Waals surface area contributed by atoms with Gasteiger partial charge in [-0.1, -0.05) is 37.5 Å². The van der Waals surface area contributed by atoms with Crippen molar-refractivity contribution < 1.29 is 0 Å². The average Bonchev–Trinajstić information content (AvgIpc) is 3.10. The first kappa shape index (κ1) is 17.4. The SMILES string of the molecule is Cc1cccc(NC(=S)N(C2CCCCC2)C(C)c2cccs2)c1. The van der Waals surface area contributed by atoms with Crippen LogP contribution in [0.3, 0.4) is 0 Å². The zero-order valence-corrected chi connectivity index (χ0v) is 16.1. The number of hydrogen-bond donors (Lipinski definition) is 1. The van der Waals surface area contributed by atoms with E-state index in [0.29, 0.717) is 12.1 Å². The highest BCUT2D eigenvalue weighted by atomic mass is 32.1. The molecule has 1 unspecified atom stereocenters. The van der Waals surface area contributed by atoms with Crippen molar-refractivity contribution in [1.29, 1.82) is 0 Å². The number of nitrogens with zero attached hydrogens (tertiary/aromatic N) is 1. The third-order valence-corrected chi connectivity index (χ3v) is 6.20. The van der Waals surface area contributed by atoms with E-state index in [1.165, 1.54) is 42.5 Å². The van der Waals surface area contributed by atoms with Gasteiger partial charge in [-0.15, -0.1) is 11.3 Å². The second-order valence-electron chi connectivity index (χ2n) is 6.69. The summed E-state index contributed by atoms with van der Waals surface area (Å²) in [6.07, 6.45) is 6.46. The topological polar surface area (TPSA) is 15.3 Å². The first-order valence-corrected chi connectivity index (χ1v) is 10.1.